The topological polar surface area (TPSA) is 39.2 Å². The van der Waals surface area contributed by atoms with Crippen LogP contribution in [0.15, 0.2) is 42.6 Å². The molecule has 17 heavy (non-hydrogen) atoms. The summed E-state index contributed by atoms with van der Waals surface area (Å²) >= 11 is 0. The van der Waals surface area contributed by atoms with Crippen LogP contribution in [-0.4, -0.2) is 17.9 Å². The molecule has 0 spiro atoms. The first-order chi connectivity index (χ1) is 8.24. The van der Waals surface area contributed by atoms with Crippen molar-refractivity contribution >= 4 is 5.78 Å². The van der Waals surface area contributed by atoms with Crippen molar-refractivity contribution < 1.29 is 13.9 Å². The Balaban J connectivity index is 2.48. The van der Waals surface area contributed by atoms with E-state index >= 15 is 0 Å². The number of pyridine rings is 1. The van der Waals surface area contributed by atoms with Crippen LogP contribution in [0, 0.1) is 5.82 Å². The zero-order valence-corrected chi connectivity index (χ0v) is 9.18. The molecule has 3 nitrogen and oxygen atoms in total. The maximum Gasteiger partial charge on any atom is 0.218 e. The smallest absolute Gasteiger partial charge is 0.218 e. The lowest BCUT2D eigenvalue weighted by molar-refractivity contribution is 0.102. The number of aromatic nitrogens is 1. The fourth-order valence-electron chi connectivity index (χ4n) is 1.50. The Morgan fingerprint density at radius 3 is 2.71 bits per heavy atom. The fourth-order valence-corrected chi connectivity index (χ4v) is 1.50. The molecule has 2 rings (SSSR count). The number of halogens is 1. The summed E-state index contributed by atoms with van der Waals surface area (Å²) in [5.74, 6) is -0.716. The van der Waals surface area contributed by atoms with Crippen molar-refractivity contribution in [2.24, 2.45) is 0 Å². The number of benzene rings is 1. The molecule has 1 aromatic carbocycles. The van der Waals surface area contributed by atoms with Crippen molar-refractivity contribution in [1.82, 2.24) is 4.98 Å². The lowest BCUT2D eigenvalue weighted by Gasteiger charge is -2.06. The zero-order chi connectivity index (χ0) is 12.3. The molecular formula is C13H10FNO2. The van der Waals surface area contributed by atoms with Gasteiger partial charge in [0, 0.05) is 6.20 Å². The van der Waals surface area contributed by atoms with Gasteiger partial charge in [-0.3, -0.25) is 4.79 Å². The van der Waals surface area contributed by atoms with Gasteiger partial charge >= 0.3 is 0 Å². The predicted molar refractivity (Wildman–Crippen MR) is 60.6 cm³/mol. The van der Waals surface area contributed by atoms with E-state index in [1.807, 2.05) is 0 Å². The van der Waals surface area contributed by atoms with Crippen LogP contribution in [0.1, 0.15) is 16.1 Å². The number of carbonyl (C=O) groups excluding carboxylic acids is 1. The standard InChI is InChI=1S/C13H10FNO2/c1-17-11-7-4-8-15-12(11)13(16)9-5-2-3-6-10(9)14/h2-8H,1H3. The highest BCUT2D eigenvalue weighted by molar-refractivity contribution is 6.09. The molecule has 0 unspecified atom stereocenters. The molecule has 0 fully saturated rings. The van der Waals surface area contributed by atoms with Gasteiger partial charge in [-0.15, -0.1) is 0 Å². The van der Waals surface area contributed by atoms with Crippen LogP contribution in [0.4, 0.5) is 4.39 Å². The number of hydrogen-bond donors (Lipinski definition) is 0. The van der Waals surface area contributed by atoms with Gasteiger partial charge in [-0.1, -0.05) is 12.1 Å². The Morgan fingerprint density at radius 2 is 2.00 bits per heavy atom. The molecule has 2 aromatic rings. The van der Waals surface area contributed by atoms with E-state index in [1.54, 1.807) is 18.2 Å². The van der Waals surface area contributed by atoms with Gasteiger partial charge in [0.15, 0.2) is 5.69 Å². The summed E-state index contributed by atoms with van der Waals surface area (Å²) in [6, 6.07) is 9.06. The van der Waals surface area contributed by atoms with Crippen LogP contribution >= 0.6 is 0 Å². The average molecular weight is 231 g/mol. The lowest BCUT2D eigenvalue weighted by atomic mass is 10.1. The number of hydrogen-bond acceptors (Lipinski definition) is 3. The first-order valence-electron chi connectivity index (χ1n) is 5.02. The number of nitrogens with zero attached hydrogens (tertiary/aromatic N) is 1. The van der Waals surface area contributed by atoms with Gasteiger partial charge in [0.2, 0.25) is 5.78 Å². The lowest BCUT2D eigenvalue weighted by Crippen LogP contribution is -2.08. The predicted octanol–water partition coefficient (Wildman–Crippen LogP) is 2.46. The highest BCUT2D eigenvalue weighted by atomic mass is 19.1. The zero-order valence-electron chi connectivity index (χ0n) is 9.18. The number of ketones is 1. The average Bonchev–Trinajstić information content (AvgIpc) is 2.38. The second-order valence-electron chi connectivity index (χ2n) is 3.36. The quantitative estimate of drug-likeness (QED) is 0.762. The van der Waals surface area contributed by atoms with Crippen LogP contribution in [0.5, 0.6) is 5.75 Å². The molecule has 0 N–H and O–H groups in total. The van der Waals surface area contributed by atoms with E-state index < -0.39 is 11.6 Å². The molecule has 1 aromatic heterocycles. The maximum absolute atomic E-state index is 13.5. The highest BCUT2D eigenvalue weighted by Crippen LogP contribution is 2.19. The molecule has 0 atom stereocenters. The molecule has 0 bridgehead atoms. The Bertz CT molecular complexity index is 555. The molecule has 0 aliphatic carbocycles. The normalized spacial score (nSPS) is 10.0. The highest BCUT2D eigenvalue weighted by Gasteiger charge is 2.18. The third kappa shape index (κ3) is 2.15. The van der Waals surface area contributed by atoms with E-state index in [0.29, 0.717) is 5.75 Å². The van der Waals surface area contributed by atoms with E-state index in [-0.39, 0.29) is 11.3 Å². The summed E-state index contributed by atoms with van der Waals surface area (Å²) in [5.41, 5.74) is 0.101. The van der Waals surface area contributed by atoms with Gasteiger partial charge in [-0.2, -0.15) is 0 Å². The van der Waals surface area contributed by atoms with Crippen LogP contribution in [0.25, 0.3) is 0 Å². The summed E-state index contributed by atoms with van der Waals surface area (Å²) in [7, 11) is 1.44. The van der Waals surface area contributed by atoms with Crippen molar-refractivity contribution in [3.63, 3.8) is 0 Å². The number of methoxy groups -OCH3 is 1. The number of carbonyl (C=O) groups is 1. The van der Waals surface area contributed by atoms with Gasteiger partial charge in [0.25, 0.3) is 0 Å². The summed E-state index contributed by atoms with van der Waals surface area (Å²) in [4.78, 5) is 16.0. The van der Waals surface area contributed by atoms with E-state index in [4.69, 9.17) is 4.74 Å². The number of rotatable bonds is 3. The number of ether oxygens (including phenoxy) is 1. The Labute approximate surface area is 97.9 Å². The van der Waals surface area contributed by atoms with Gasteiger partial charge in [-0.05, 0) is 24.3 Å². The minimum Gasteiger partial charge on any atom is -0.494 e. The molecule has 4 heteroatoms. The molecular weight excluding hydrogens is 221 g/mol. The first-order valence-corrected chi connectivity index (χ1v) is 5.02. The summed E-state index contributed by atoms with van der Waals surface area (Å²) in [6.45, 7) is 0. The van der Waals surface area contributed by atoms with Gasteiger partial charge in [0.1, 0.15) is 11.6 Å². The van der Waals surface area contributed by atoms with E-state index in [2.05, 4.69) is 4.98 Å². The van der Waals surface area contributed by atoms with Crippen molar-refractivity contribution in [2.75, 3.05) is 7.11 Å². The van der Waals surface area contributed by atoms with Crippen molar-refractivity contribution in [1.29, 1.82) is 0 Å². The largest absolute Gasteiger partial charge is 0.494 e. The molecule has 0 radical (unpaired) electrons. The van der Waals surface area contributed by atoms with Crippen molar-refractivity contribution in [3.8, 4) is 5.75 Å². The molecule has 1 heterocycles. The molecule has 0 saturated heterocycles. The first kappa shape index (κ1) is 11.3. The van der Waals surface area contributed by atoms with E-state index in [0.717, 1.165) is 0 Å². The van der Waals surface area contributed by atoms with Crippen molar-refractivity contribution in [2.45, 2.75) is 0 Å². The monoisotopic (exact) mass is 231 g/mol. The minimum absolute atomic E-state index is 0.00972. The van der Waals surface area contributed by atoms with Crippen LogP contribution in [-0.2, 0) is 0 Å². The van der Waals surface area contributed by atoms with E-state index in [1.165, 1.54) is 31.5 Å². The summed E-state index contributed by atoms with van der Waals surface area (Å²) in [6.07, 6.45) is 1.47. The van der Waals surface area contributed by atoms with Gasteiger partial charge in [0.05, 0.1) is 12.7 Å². The third-order valence-electron chi connectivity index (χ3n) is 2.32. The van der Waals surface area contributed by atoms with Crippen molar-refractivity contribution in [3.05, 3.63) is 59.7 Å². The Kier molecular flexibility index (Phi) is 3.14. The Morgan fingerprint density at radius 1 is 1.24 bits per heavy atom. The van der Waals surface area contributed by atoms with Crippen LogP contribution in [0.2, 0.25) is 0 Å². The summed E-state index contributed by atoms with van der Waals surface area (Å²) in [5, 5.41) is 0. The van der Waals surface area contributed by atoms with Crippen LogP contribution in [0.3, 0.4) is 0 Å². The molecule has 0 amide bonds. The van der Waals surface area contributed by atoms with E-state index in [9.17, 15) is 9.18 Å². The van der Waals surface area contributed by atoms with Gasteiger partial charge in [-0.25, -0.2) is 9.37 Å². The molecule has 86 valence electrons. The molecule has 0 saturated carbocycles. The minimum atomic E-state index is -0.565. The van der Waals surface area contributed by atoms with Gasteiger partial charge < -0.3 is 4.74 Å². The third-order valence-corrected chi connectivity index (χ3v) is 2.32. The Hall–Kier alpha value is -2.23. The second kappa shape index (κ2) is 4.74. The second-order valence-corrected chi connectivity index (χ2v) is 3.36. The maximum atomic E-state index is 13.5. The SMILES string of the molecule is COc1cccnc1C(=O)c1ccccc1F. The molecule has 0 aliphatic rings. The summed E-state index contributed by atoms with van der Waals surface area (Å²) < 4.78 is 18.5. The molecule has 0 aliphatic heterocycles. The fraction of sp³-hybridized carbons (Fsp3) is 0.0769. The van der Waals surface area contributed by atoms with Crippen LogP contribution < -0.4 is 4.74 Å².